The summed E-state index contributed by atoms with van der Waals surface area (Å²) in [4.78, 5) is 14.1. The summed E-state index contributed by atoms with van der Waals surface area (Å²) in [7, 11) is 0. The largest absolute Gasteiger partial charge is 0.333 e. The zero-order valence-corrected chi connectivity index (χ0v) is 15.7. The molecule has 0 saturated carbocycles. The summed E-state index contributed by atoms with van der Waals surface area (Å²) in [5.74, 6) is -0.391. The van der Waals surface area contributed by atoms with Gasteiger partial charge in [0, 0.05) is 24.2 Å². The van der Waals surface area contributed by atoms with Crippen LogP contribution in [0.5, 0.6) is 0 Å². The van der Waals surface area contributed by atoms with Crippen molar-refractivity contribution < 1.29 is 9.18 Å². The van der Waals surface area contributed by atoms with Gasteiger partial charge in [-0.05, 0) is 38.5 Å². The van der Waals surface area contributed by atoms with E-state index in [4.69, 9.17) is 11.6 Å². The molecule has 0 unspecified atom stereocenters. The highest BCUT2D eigenvalue weighted by atomic mass is 35.5. The van der Waals surface area contributed by atoms with Crippen molar-refractivity contribution in [3.05, 3.63) is 46.5 Å². The molecular formula is C19H20ClFN4O. The summed E-state index contributed by atoms with van der Waals surface area (Å²) in [6, 6.07) is 8.01. The van der Waals surface area contributed by atoms with Crippen molar-refractivity contribution in [1.29, 1.82) is 5.26 Å². The maximum atomic E-state index is 13.6. The summed E-state index contributed by atoms with van der Waals surface area (Å²) in [5, 5.41) is 13.0. The van der Waals surface area contributed by atoms with E-state index in [1.807, 2.05) is 25.3 Å². The van der Waals surface area contributed by atoms with Gasteiger partial charge in [0.2, 0.25) is 0 Å². The molecule has 5 nitrogen and oxygen atoms in total. The highest BCUT2D eigenvalue weighted by Gasteiger charge is 2.30. The first kappa shape index (κ1) is 18.3. The van der Waals surface area contributed by atoms with Gasteiger partial charge in [0.25, 0.3) is 0 Å². The molecule has 0 radical (unpaired) electrons. The van der Waals surface area contributed by atoms with E-state index in [2.05, 4.69) is 11.4 Å². The van der Waals surface area contributed by atoms with Gasteiger partial charge in [0.1, 0.15) is 17.0 Å². The number of amides is 2. The number of rotatable bonds is 1. The fourth-order valence-electron chi connectivity index (χ4n) is 3.11. The monoisotopic (exact) mass is 374 g/mol. The molecule has 0 atom stereocenters. The normalized spacial score (nSPS) is 13.9. The van der Waals surface area contributed by atoms with Gasteiger partial charge < -0.3 is 14.8 Å². The maximum absolute atomic E-state index is 13.6. The predicted octanol–water partition coefficient (Wildman–Crippen LogP) is 4.14. The number of nitriles is 1. The number of fused-ring (bicyclic) bond motifs is 1. The number of benzene rings is 1. The Morgan fingerprint density at radius 2 is 2.08 bits per heavy atom. The molecule has 2 amide bonds. The second-order valence-electron chi connectivity index (χ2n) is 7.36. The Morgan fingerprint density at radius 3 is 2.69 bits per heavy atom. The predicted molar refractivity (Wildman–Crippen MR) is 98.2 cm³/mol. The van der Waals surface area contributed by atoms with E-state index in [9.17, 15) is 14.4 Å². The van der Waals surface area contributed by atoms with Crippen LogP contribution in [0.2, 0.25) is 5.15 Å². The molecule has 0 spiro atoms. The molecule has 0 aliphatic carbocycles. The van der Waals surface area contributed by atoms with E-state index in [1.165, 1.54) is 12.1 Å². The van der Waals surface area contributed by atoms with Gasteiger partial charge >= 0.3 is 6.03 Å². The third-order valence-corrected chi connectivity index (χ3v) is 4.63. The second-order valence-corrected chi connectivity index (χ2v) is 7.72. The number of nitrogens with one attached hydrogen (secondary N) is 1. The molecule has 136 valence electrons. The fraction of sp³-hybridized carbons (Fsp3) is 0.368. The van der Waals surface area contributed by atoms with Crippen LogP contribution in [0.25, 0.3) is 11.1 Å². The summed E-state index contributed by atoms with van der Waals surface area (Å²) in [6.07, 6.45) is 0. The van der Waals surface area contributed by atoms with Crippen molar-refractivity contribution in [2.45, 2.75) is 39.4 Å². The van der Waals surface area contributed by atoms with Gasteiger partial charge in [-0.25, -0.2) is 9.18 Å². The van der Waals surface area contributed by atoms with Crippen LogP contribution in [0.15, 0.2) is 24.3 Å². The molecule has 1 N–H and O–H groups in total. The number of hydrogen-bond acceptors (Lipinski definition) is 2. The summed E-state index contributed by atoms with van der Waals surface area (Å²) in [6.45, 7) is 6.98. The van der Waals surface area contributed by atoms with Gasteiger partial charge in [0.05, 0.1) is 17.8 Å². The molecule has 1 aliphatic heterocycles. The zero-order valence-electron chi connectivity index (χ0n) is 14.9. The summed E-state index contributed by atoms with van der Waals surface area (Å²) in [5.41, 5.74) is 1.78. The van der Waals surface area contributed by atoms with Gasteiger partial charge in [-0.2, -0.15) is 5.26 Å². The minimum absolute atomic E-state index is 0.183. The van der Waals surface area contributed by atoms with Crippen molar-refractivity contribution in [3.8, 4) is 17.2 Å². The Hall–Kier alpha value is -2.52. The van der Waals surface area contributed by atoms with E-state index in [0.717, 1.165) is 0 Å². The molecule has 1 aromatic heterocycles. The molecule has 2 aromatic rings. The smallest absolute Gasteiger partial charge is 0.318 e. The van der Waals surface area contributed by atoms with Gasteiger partial charge in [-0.15, -0.1) is 0 Å². The summed E-state index contributed by atoms with van der Waals surface area (Å²) < 4.78 is 15.5. The van der Waals surface area contributed by atoms with E-state index in [-0.39, 0.29) is 18.1 Å². The lowest BCUT2D eigenvalue weighted by molar-refractivity contribution is 0.175. The number of urea groups is 1. The van der Waals surface area contributed by atoms with Crippen LogP contribution >= 0.6 is 11.6 Å². The van der Waals surface area contributed by atoms with Crippen LogP contribution in [0.4, 0.5) is 9.18 Å². The molecule has 0 bridgehead atoms. The number of hydrogen-bond donors (Lipinski definition) is 1. The summed E-state index contributed by atoms with van der Waals surface area (Å²) >= 11 is 6.52. The number of carbonyl (C=O) groups is 1. The molecule has 0 saturated heterocycles. The Labute approximate surface area is 157 Å². The topological polar surface area (TPSA) is 61.1 Å². The number of carbonyl (C=O) groups excluding carboxylic acids is 1. The third kappa shape index (κ3) is 3.40. The highest BCUT2D eigenvalue weighted by molar-refractivity contribution is 6.33. The Bertz CT molecular complexity index is 907. The fourth-order valence-corrected chi connectivity index (χ4v) is 3.51. The van der Waals surface area contributed by atoms with Crippen molar-refractivity contribution >= 4 is 17.6 Å². The van der Waals surface area contributed by atoms with Crippen LogP contribution < -0.4 is 5.32 Å². The number of nitrogens with zero attached hydrogens (tertiary/aromatic N) is 3. The van der Waals surface area contributed by atoms with E-state index < -0.39 is 5.82 Å². The molecular weight excluding hydrogens is 355 g/mol. The van der Waals surface area contributed by atoms with Crippen molar-refractivity contribution in [2.24, 2.45) is 0 Å². The molecule has 7 heteroatoms. The van der Waals surface area contributed by atoms with E-state index in [0.29, 0.717) is 40.6 Å². The van der Waals surface area contributed by atoms with E-state index in [1.54, 1.807) is 17.0 Å². The maximum Gasteiger partial charge on any atom is 0.318 e. The SMILES string of the molecule is CC(C)(C)NC(=O)N1CCn2c(Cl)c(-c3cccc(F)c3)c(C#N)c2C1. The highest BCUT2D eigenvalue weighted by Crippen LogP contribution is 2.38. The lowest BCUT2D eigenvalue weighted by Gasteiger charge is -2.32. The zero-order chi connectivity index (χ0) is 19.1. The third-order valence-electron chi connectivity index (χ3n) is 4.24. The lowest BCUT2D eigenvalue weighted by atomic mass is 10.0. The molecule has 0 fully saturated rings. The van der Waals surface area contributed by atoms with Crippen molar-refractivity contribution in [2.75, 3.05) is 6.54 Å². The van der Waals surface area contributed by atoms with Gasteiger partial charge in [-0.3, -0.25) is 0 Å². The molecule has 1 aliphatic rings. The molecule has 1 aromatic carbocycles. The minimum Gasteiger partial charge on any atom is -0.333 e. The number of aromatic nitrogens is 1. The van der Waals surface area contributed by atoms with Gasteiger partial charge in [0.15, 0.2) is 0 Å². The average molecular weight is 375 g/mol. The average Bonchev–Trinajstić information content (AvgIpc) is 2.85. The van der Waals surface area contributed by atoms with Crippen LogP contribution in [-0.2, 0) is 13.1 Å². The second kappa shape index (κ2) is 6.65. The van der Waals surface area contributed by atoms with Crippen molar-refractivity contribution in [3.63, 3.8) is 0 Å². The Balaban J connectivity index is 2.00. The first-order valence-corrected chi connectivity index (χ1v) is 8.73. The van der Waals surface area contributed by atoms with Crippen LogP contribution in [0, 0.1) is 17.1 Å². The molecule has 26 heavy (non-hydrogen) atoms. The quantitative estimate of drug-likeness (QED) is 0.815. The van der Waals surface area contributed by atoms with E-state index >= 15 is 0 Å². The van der Waals surface area contributed by atoms with Crippen LogP contribution in [0.1, 0.15) is 32.0 Å². The first-order chi connectivity index (χ1) is 12.2. The molecule has 3 rings (SSSR count). The standard InChI is InChI=1S/C19H20ClFN4O/c1-19(2,3)23-18(26)24-7-8-25-15(11-24)14(10-22)16(17(25)20)12-5-4-6-13(21)9-12/h4-6,9H,7-8,11H2,1-3H3,(H,23,26). The lowest BCUT2D eigenvalue weighted by Crippen LogP contribution is -2.50. The van der Waals surface area contributed by atoms with Crippen LogP contribution in [0.3, 0.4) is 0 Å². The molecule has 2 heterocycles. The number of halogens is 2. The Morgan fingerprint density at radius 1 is 1.35 bits per heavy atom. The Kier molecular flexibility index (Phi) is 4.68. The van der Waals surface area contributed by atoms with Gasteiger partial charge in [-0.1, -0.05) is 23.7 Å². The first-order valence-electron chi connectivity index (χ1n) is 8.35. The minimum atomic E-state index is -0.391. The van der Waals surface area contributed by atoms with Crippen LogP contribution in [-0.4, -0.2) is 27.6 Å². The van der Waals surface area contributed by atoms with Crippen molar-refractivity contribution in [1.82, 2.24) is 14.8 Å².